The quantitative estimate of drug-likeness (QED) is 0.402. The number of thioether (sulfide) groups is 1. The first-order valence-electron chi connectivity index (χ1n) is 11.5. The first kappa shape index (κ1) is 23.3. The Kier molecular flexibility index (Phi) is 7.96. The normalized spacial score (nSPS) is 14.3. The van der Waals surface area contributed by atoms with Crippen LogP contribution in [0.2, 0.25) is 0 Å². The Balaban J connectivity index is 1.36. The zero-order chi connectivity index (χ0) is 23.0. The molecule has 172 valence electrons. The zero-order valence-corrected chi connectivity index (χ0v) is 20.1. The van der Waals surface area contributed by atoms with Crippen molar-refractivity contribution in [3.05, 3.63) is 83.0 Å². The highest BCUT2D eigenvalue weighted by molar-refractivity contribution is 7.98. The SMILES string of the molecule is CCN1CCN(c2cc(C)nc(SCc3cccc(C(=O)NCc4ccccc4)c3)n2)CC1. The lowest BCUT2D eigenvalue weighted by Gasteiger charge is -2.34. The maximum absolute atomic E-state index is 12.6. The molecule has 0 unspecified atom stereocenters. The van der Waals surface area contributed by atoms with Gasteiger partial charge in [0, 0.05) is 55.8 Å². The molecule has 2 heterocycles. The minimum absolute atomic E-state index is 0.0639. The summed E-state index contributed by atoms with van der Waals surface area (Å²) in [7, 11) is 0. The fraction of sp³-hybridized carbons (Fsp3) is 0.346. The van der Waals surface area contributed by atoms with E-state index in [1.54, 1.807) is 11.8 Å². The van der Waals surface area contributed by atoms with Crippen LogP contribution in [-0.4, -0.2) is 53.5 Å². The van der Waals surface area contributed by atoms with Gasteiger partial charge in [0.2, 0.25) is 0 Å². The van der Waals surface area contributed by atoms with Crippen molar-refractivity contribution >= 4 is 23.5 Å². The number of amides is 1. The number of aromatic nitrogens is 2. The standard InChI is InChI=1S/C26H31N5OS/c1-3-30-12-14-31(15-13-30)24-16-20(2)28-26(29-24)33-19-22-10-7-11-23(17-22)25(32)27-18-21-8-5-4-6-9-21/h4-11,16-17H,3,12-15,18-19H2,1-2H3,(H,27,32). The fourth-order valence-electron chi connectivity index (χ4n) is 3.88. The third-order valence-electron chi connectivity index (χ3n) is 5.82. The molecule has 1 fully saturated rings. The van der Waals surface area contributed by atoms with Gasteiger partial charge in [-0.25, -0.2) is 9.97 Å². The second kappa shape index (κ2) is 11.3. The van der Waals surface area contributed by atoms with Crippen LogP contribution in [0.4, 0.5) is 5.82 Å². The summed E-state index contributed by atoms with van der Waals surface area (Å²) in [4.78, 5) is 26.9. The van der Waals surface area contributed by atoms with E-state index < -0.39 is 0 Å². The van der Waals surface area contributed by atoms with Crippen molar-refractivity contribution in [1.82, 2.24) is 20.2 Å². The summed E-state index contributed by atoms with van der Waals surface area (Å²) < 4.78 is 0. The van der Waals surface area contributed by atoms with E-state index in [0.29, 0.717) is 17.9 Å². The van der Waals surface area contributed by atoms with Gasteiger partial charge in [0.1, 0.15) is 5.82 Å². The van der Waals surface area contributed by atoms with Crippen LogP contribution in [0.3, 0.4) is 0 Å². The topological polar surface area (TPSA) is 61.4 Å². The maximum Gasteiger partial charge on any atom is 0.251 e. The van der Waals surface area contributed by atoms with Gasteiger partial charge < -0.3 is 15.1 Å². The molecule has 3 aromatic rings. The van der Waals surface area contributed by atoms with Crippen molar-refractivity contribution in [2.75, 3.05) is 37.6 Å². The largest absolute Gasteiger partial charge is 0.354 e. The van der Waals surface area contributed by atoms with Crippen LogP contribution < -0.4 is 10.2 Å². The van der Waals surface area contributed by atoms with Crippen LogP contribution in [0.25, 0.3) is 0 Å². The van der Waals surface area contributed by atoms with E-state index in [1.807, 2.05) is 61.5 Å². The predicted octanol–water partition coefficient (Wildman–Crippen LogP) is 4.15. The van der Waals surface area contributed by atoms with E-state index in [0.717, 1.165) is 60.5 Å². The average molecular weight is 462 g/mol. The second-order valence-electron chi connectivity index (χ2n) is 8.23. The lowest BCUT2D eigenvalue weighted by molar-refractivity contribution is 0.0951. The summed E-state index contributed by atoms with van der Waals surface area (Å²) >= 11 is 1.61. The van der Waals surface area contributed by atoms with Gasteiger partial charge >= 0.3 is 0 Å². The van der Waals surface area contributed by atoms with Gasteiger partial charge in [-0.3, -0.25) is 4.79 Å². The summed E-state index contributed by atoms with van der Waals surface area (Å²) in [5.41, 5.74) is 3.81. The number of carbonyl (C=O) groups excluding carboxylic acids is 1. The number of piperazine rings is 1. The Hall–Kier alpha value is -2.90. The lowest BCUT2D eigenvalue weighted by Crippen LogP contribution is -2.46. The predicted molar refractivity (Wildman–Crippen MR) is 135 cm³/mol. The first-order chi connectivity index (χ1) is 16.1. The zero-order valence-electron chi connectivity index (χ0n) is 19.3. The van der Waals surface area contributed by atoms with Gasteiger partial charge in [0.05, 0.1) is 0 Å². The van der Waals surface area contributed by atoms with Crippen LogP contribution in [0, 0.1) is 6.92 Å². The Labute approximate surface area is 200 Å². The van der Waals surface area contributed by atoms with Crippen molar-refractivity contribution in [1.29, 1.82) is 0 Å². The molecule has 33 heavy (non-hydrogen) atoms. The van der Waals surface area contributed by atoms with Gasteiger partial charge in [-0.2, -0.15) is 0 Å². The number of benzene rings is 2. The smallest absolute Gasteiger partial charge is 0.251 e. The van der Waals surface area contributed by atoms with Crippen molar-refractivity contribution in [3.8, 4) is 0 Å². The van der Waals surface area contributed by atoms with Gasteiger partial charge in [-0.1, -0.05) is 61.2 Å². The third-order valence-corrected chi connectivity index (χ3v) is 6.74. The number of rotatable bonds is 8. The molecule has 1 N–H and O–H groups in total. The number of hydrogen-bond acceptors (Lipinski definition) is 6. The number of nitrogens with one attached hydrogen (secondary N) is 1. The summed E-state index contributed by atoms with van der Waals surface area (Å²) in [6.45, 7) is 9.98. The second-order valence-corrected chi connectivity index (χ2v) is 9.17. The van der Waals surface area contributed by atoms with Crippen LogP contribution in [0.15, 0.2) is 65.8 Å². The molecule has 0 spiro atoms. The van der Waals surface area contributed by atoms with Crippen LogP contribution in [0.5, 0.6) is 0 Å². The molecule has 2 aromatic carbocycles. The molecule has 0 aliphatic carbocycles. The molecule has 1 amide bonds. The molecule has 1 aliphatic heterocycles. The van der Waals surface area contributed by atoms with E-state index in [2.05, 4.69) is 33.1 Å². The monoisotopic (exact) mass is 461 g/mol. The first-order valence-corrected chi connectivity index (χ1v) is 12.5. The lowest BCUT2D eigenvalue weighted by atomic mass is 10.1. The highest BCUT2D eigenvalue weighted by Crippen LogP contribution is 2.24. The number of carbonyl (C=O) groups is 1. The highest BCUT2D eigenvalue weighted by atomic mass is 32.2. The Bertz CT molecular complexity index is 1070. The Morgan fingerprint density at radius 1 is 0.970 bits per heavy atom. The number of nitrogens with zero attached hydrogens (tertiary/aromatic N) is 4. The molecule has 0 bridgehead atoms. The molecule has 1 saturated heterocycles. The fourth-order valence-corrected chi connectivity index (χ4v) is 4.72. The minimum Gasteiger partial charge on any atom is -0.354 e. The van der Waals surface area contributed by atoms with Crippen LogP contribution >= 0.6 is 11.8 Å². The van der Waals surface area contributed by atoms with E-state index >= 15 is 0 Å². The molecule has 4 rings (SSSR count). The average Bonchev–Trinajstić information content (AvgIpc) is 2.86. The highest BCUT2D eigenvalue weighted by Gasteiger charge is 2.18. The summed E-state index contributed by atoms with van der Waals surface area (Å²) in [5, 5.41) is 3.77. The van der Waals surface area contributed by atoms with Crippen molar-refractivity contribution in [2.45, 2.75) is 31.3 Å². The maximum atomic E-state index is 12.6. The molecule has 7 heteroatoms. The molecule has 1 aliphatic rings. The minimum atomic E-state index is -0.0639. The molecule has 0 atom stereocenters. The third kappa shape index (κ3) is 6.55. The number of anilines is 1. The molecular formula is C26H31N5OS. The van der Waals surface area contributed by atoms with Gasteiger partial charge in [-0.15, -0.1) is 0 Å². The number of hydrogen-bond donors (Lipinski definition) is 1. The van der Waals surface area contributed by atoms with Gasteiger partial charge in [0.25, 0.3) is 5.91 Å². The van der Waals surface area contributed by atoms with E-state index in [1.165, 1.54) is 0 Å². The van der Waals surface area contributed by atoms with Gasteiger partial charge in [0.15, 0.2) is 5.16 Å². The van der Waals surface area contributed by atoms with Crippen LogP contribution in [-0.2, 0) is 12.3 Å². The van der Waals surface area contributed by atoms with Crippen molar-refractivity contribution in [2.24, 2.45) is 0 Å². The van der Waals surface area contributed by atoms with Crippen LogP contribution in [0.1, 0.15) is 34.1 Å². The molecule has 0 radical (unpaired) electrons. The number of likely N-dealkylation sites (N-methyl/N-ethyl adjacent to an activating group) is 1. The van der Waals surface area contributed by atoms with Gasteiger partial charge in [-0.05, 0) is 36.7 Å². The Morgan fingerprint density at radius 3 is 2.48 bits per heavy atom. The Morgan fingerprint density at radius 2 is 1.73 bits per heavy atom. The van der Waals surface area contributed by atoms with E-state index in [9.17, 15) is 4.79 Å². The molecule has 6 nitrogen and oxygen atoms in total. The molecule has 0 saturated carbocycles. The van der Waals surface area contributed by atoms with Crippen molar-refractivity contribution < 1.29 is 4.79 Å². The van der Waals surface area contributed by atoms with Crippen molar-refractivity contribution in [3.63, 3.8) is 0 Å². The van der Waals surface area contributed by atoms with E-state index in [4.69, 9.17) is 4.98 Å². The summed E-state index contributed by atoms with van der Waals surface area (Å²) in [5.74, 6) is 1.66. The van der Waals surface area contributed by atoms with E-state index in [-0.39, 0.29) is 5.91 Å². The number of aryl methyl sites for hydroxylation is 1. The summed E-state index contributed by atoms with van der Waals surface area (Å²) in [6, 6.07) is 19.8. The molecular weight excluding hydrogens is 430 g/mol. The molecule has 1 aromatic heterocycles. The summed E-state index contributed by atoms with van der Waals surface area (Å²) in [6.07, 6.45) is 0.